The van der Waals surface area contributed by atoms with Gasteiger partial charge in [-0.05, 0) is 57.8 Å². The van der Waals surface area contributed by atoms with Gasteiger partial charge in [0.15, 0.2) is 5.96 Å². The first kappa shape index (κ1) is 22.0. The lowest BCUT2D eigenvalue weighted by Crippen LogP contribution is -2.43. The second-order valence-electron chi connectivity index (χ2n) is 6.49. The molecule has 1 aromatic heterocycles. The molecule has 5 nitrogen and oxygen atoms in total. The molecule has 0 amide bonds. The smallest absolute Gasteiger partial charge is 0.193 e. The molecule has 1 fully saturated rings. The second-order valence-corrected chi connectivity index (χ2v) is 6.49. The average Bonchev–Trinajstić information content (AvgIpc) is 3.24. The second kappa shape index (κ2) is 11.6. The van der Waals surface area contributed by atoms with Crippen LogP contribution in [0.5, 0.6) is 0 Å². The highest BCUT2D eigenvalue weighted by molar-refractivity contribution is 14.0. The Balaban J connectivity index is 0.00000312. The summed E-state index contributed by atoms with van der Waals surface area (Å²) in [7, 11) is 3.93. The van der Waals surface area contributed by atoms with E-state index in [0.29, 0.717) is 0 Å². The Labute approximate surface area is 169 Å². The molecule has 6 heteroatoms. The standard InChI is InChI=1S/C19H32N4O.HI/c1-5-6-7-12-22(4)19(20-3)21-15-17(23-13-8-9-14-23)18-11-10-16(2)24-18;/h5,10-11,17H,1,6-9,12-15H2,2-4H3,(H,20,21);1H. The van der Waals surface area contributed by atoms with E-state index < -0.39 is 0 Å². The first-order valence-electron chi connectivity index (χ1n) is 8.98. The van der Waals surface area contributed by atoms with Crippen molar-refractivity contribution < 1.29 is 4.42 Å². The zero-order valence-electron chi connectivity index (χ0n) is 15.8. The largest absolute Gasteiger partial charge is 0.465 e. The van der Waals surface area contributed by atoms with E-state index in [-0.39, 0.29) is 30.0 Å². The number of rotatable bonds is 8. The van der Waals surface area contributed by atoms with Crippen molar-refractivity contribution in [3.05, 3.63) is 36.3 Å². The molecular formula is C19H33IN4O. The lowest BCUT2D eigenvalue weighted by atomic mass is 10.2. The minimum absolute atomic E-state index is 0. The van der Waals surface area contributed by atoms with E-state index in [4.69, 9.17) is 4.42 Å². The summed E-state index contributed by atoms with van der Waals surface area (Å²) in [5.74, 6) is 2.96. The van der Waals surface area contributed by atoms with Gasteiger partial charge in [0.25, 0.3) is 0 Å². The molecular weight excluding hydrogens is 427 g/mol. The summed E-state index contributed by atoms with van der Waals surface area (Å²) < 4.78 is 5.92. The summed E-state index contributed by atoms with van der Waals surface area (Å²) >= 11 is 0. The molecule has 2 heterocycles. The number of furan rings is 1. The minimum atomic E-state index is 0. The molecule has 1 atom stereocenters. The van der Waals surface area contributed by atoms with E-state index in [1.54, 1.807) is 0 Å². The Kier molecular flexibility index (Phi) is 10.2. The van der Waals surface area contributed by atoms with Crippen LogP contribution < -0.4 is 5.32 Å². The van der Waals surface area contributed by atoms with Gasteiger partial charge < -0.3 is 14.6 Å². The summed E-state index contributed by atoms with van der Waals surface area (Å²) in [6.07, 6.45) is 6.63. The molecule has 142 valence electrons. The summed E-state index contributed by atoms with van der Waals surface area (Å²) in [4.78, 5) is 9.11. The van der Waals surface area contributed by atoms with Gasteiger partial charge in [0, 0.05) is 27.2 Å². The molecule has 25 heavy (non-hydrogen) atoms. The number of halogens is 1. The summed E-state index contributed by atoms with van der Waals surface area (Å²) in [6, 6.07) is 4.42. The van der Waals surface area contributed by atoms with Crippen molar-refractivity contribution in [2.45, 2.75) is 38.6 Å². The lowest BCUT2D eigenvalue weighted by Gasteiger charge is -2.28. The van der Waals surface area contributed by atoms with Crippen LogP contribution in [0.4, 0.5) is 0 Å². The van der Waals surface area contributed by atoms with Gasteiger partial charge in [-0.15, -0.1) is 30.6 Å². The van der Waals surface area contributed by atoms with Crippen molar-refractivity contribution in [3.8, 4) is 0 Å². The van der Waals surface area contributed by atoms with E-state index >= 15 is 0 Å². The molecule has 1 aromatic rings. The quantitative estimate of drug-likeness (QED) is 0.211. The first-order chi connectivity index (χ1) is 11.7. The first-order valence-corrected chi connectivity index (χ1v) is 8.98. The van der Waals surface area contributed by atoms with Gasteiger partial charge in [-0.25, -0.2) is 0 Å². The fourth-order valence-electron chi connectivity index (χ4n) is 3.25. The van der Waals surface area contributed by atoms with E-state index in [9.17, 15) is 0 Å². The van der Waals surface area contributed by atoms with Gasteiger partial charge in [0.05, 0.1) is 6.04 Å². The van der Waals surface area contributed by atoms with Gasteiger partial charge in [-0.3, -0.25) is 9.89 Å². The number of nitrogens with one attached hydrogen (secondary N) is 1. The maximum absolute atomic E-state index is 5.92. The number of likely N-dealkylation sites (tertiary alicyclic amines) is 1. The van der Waals surface area contributed by atoms with Crippen LogP contribution in [0.3, 0.4) is 0 Å². The number of allylic oxidation sites excluding steroid dienone is 1. The molecule has 0 aliphatic carbocycles. The molecule has 0 spiro atoms. The number of hydrogen-bond acceptors (Lipinski definition) is 3. The van der Waals surface area contributed by atoms with E-state index in [1.807, 2.05) is 20.0 Å². The van der Waals surface area contributed by atoms with Gasteiger partial charge in [0.1, 0.15) is 11.5 Å². The van der Waals surface area contributed by atoms with E-state index in [2.05, 4.69) is 45.9 Å². The van der Waals surface area contributed by atoms with Gasteiger partial charge >= 0.3 is 0 Å². The zero-order valence-corrected chi connectivity index (χ0v) is 18.2. The van der Waals surface area contributed by atoms with Gasteiger partial charge in [-0.1, -0.05) is 6.08 Å². The Morgan fingerprint density at radius 1 is 1.44 bits per heavy atom. The van der Waals surface area contributed by atoms with Crippen LogP contribution >= 0.6 is 24.0 Å². The molecule has 0 aromatic carbocycles. The van der Waals surface area contributed by atoms with Gasteiger partial charge in [0.2, 0.25) is 0 Å². The van der Waals surface area contributed by atoms with Gasteiger partial charge in [-0.2, -0.15) is 0 Å². The summed E-state index contributed by atoms with van der Waals surface area (Å²) in [5.41, 5.74) is 0. The van der Waals surface area contributed by atoms with Crippen molar-refractivity contribution in [3.63, 3.8) is 0 Å². The molecule has 0 radical (unpaired) electrons. The molecule has 1 saturated heterocycles. The molecule has 1 aliphatic rings. The highest BCUT2D eigenvalue weighted by atomic mass is 127. The van der Waals surface area contributed by atoms with Crippen molar-refractivity contribution in [1.29, 1.82) is 0 Å². The number of aliphatic imine (C=N–C) groups is 1. The van der Waals surface area contributed by atoms with Crippen LogP contribution in [0, 0.1) is 6.92 Å². The van der Waals surface area contributed by atoms with Crippen molar-refractivity contribution >= 4 is 29.9 Å². The predicted molar refractivity (Wildman–Crippen MR) is 116 cm³/mol. The fourth-order valence-corrected chi connectivity index (χ4v) is 3.25. The molecule has 0 saturated carbocycles. The summed E-state index contributed by atoms with van der Waals surface area (Å²) in [6.45, 7) is 9.85. The molecule has 1 unspecified atom stereocenters. The third-order valence-electron chi connectivity index (χ3n) is 4.60. The Morgan fingerprint density at radius 3 is 2.72 bits per heavy atom. The third kappa shape index (κ3) is 6.66. The summed E-state index contributed by atoms with van der Waals surface area (Å²) in [5, 5.41) is 3.53. The fraction of sp³-hybridized carbons (Fsp3) is 0.632. The number of guanidine groups is 1. The lowest BCUT2D eigenvalue weighted by molar-refractivity contribution is 0.212. The van der Waals surface area contributed by atoms with Crippen molar-refractivity contribution in [1.82, 2.24) is 15.1 Å². The number of aryl methyl sites for hydroxylation is 1. The van der Waals surface area contributed by atoms with Crippen molar-refractivity contribution in [2.75, 3.05) is 40.3 Å². The topological polar surface area (TPSA) is 44.0 Å². The number of hydrogen-bond donors (Lipinski definition) is 1. The highest BCUT2D eigenvalue weighted by Gasteiger charge is 2.26. The van der Waals surface area contributed by atoms with Crippen LogP contribution in [0.2, 0.25) is 0 Å². The van der Waals surface area contributed by atoms with Crippen LogP contribution in [-0.4, -0.2) is 56.0 Å². The van der Waals surface area contributed by atoms with Crippen LogP contribution in [0.1, 0.15) is 43.2 Å². The SMILES string of the molecule is C=CCCCN(C)C(=NC)NCC(c1ccc(C)o1)N1CCCC1.I. The average molecular weight is 460 g/mol. The zero-order chi connectivity index (χ0) is 17.4. The van der Waals surface area contributed by atoms with Crippen LogP contribution in [0.15, 0.2) is 34.2 Å². The predicted octanol–water partition coefficient (Wildman–Crippen LogP) is 3.82. The van der Waals surface area contributed by atoms with Crippen molar-refractivity contribution in [2.24, 2.45) is 4.99 Å². The Hall–Kier alpha value is -1.02. The number of unbranched alkanes of at least 4 members (excludes halogenated alkanes) is 1. The Morgan fingerprint density at radius 2 is 2.16 bits per heavy atom. The maximum atomic E-state index is 5.92. The highest BCUT2D eigenvalue weighted by Crippen LogP contribution is 2.26. The minimum Gasteiger partial charge on any atom is -0.465 e. The molecule has 1 N–H and O–H groups in total. The van der Waals surface area contributed by atoms with Crippen LogP contribution in [-0.2, 0) is 0 Å². The maximum Gasteiger partial charge on any atom is 0.193 e. The number of nitrogens with zero attached hydrogens (tertiary/aromatic N) is 3. The normalized spacial score (nSPS) is 16.4. The monoisotopic (exact) mass is 460 g/mol. The molecule has 2 rings (SSSR count). The van der Waals surface area contributed by atoms with E-state index in [1.165, 1.54) is 12.8 Å². The third-order valence-corrected chi connectivity index (χ3v) is 4.60. The Bertz CT molecular complexity index is 537. The van der Waals surface area contributed by atoms with E-state index in [0.717, 1.165) is 56.5 Å². The van der Waals surface area contributed by atoms with Crippen LogP contribution in [0.25, 0.3) is 0 Å². The molecule has 0 bridgehead atoms. The molecule has 1 aliphatic heterocycles.